The fourth-order valence-corrected chi connectivity index (χ4v) is 3.55. The van der Waals surface area contributed by atoms with Crippen LogP contribution in [0, 0.1) is 6.92 Å². The number of nitrogens with zero attached hydrogens (tertiary/aromatic N) is 1. The van der Waals surface area contributed by atoms with Gasteiger partial charge in [0.1, 0.15) is 0 Å². The lowest BCUT2D eigenvalue weighted by Gasteiger charge is -2.20. The molecule has 1 aromatic rings. The van der Waals surface area contributed by atoms with Crippen molar-refractivity contribution in [3.05, 3.63) is 29.8 Å². The summed E-state index contributed by atoms with van der Waals surface area (Å²) in [6, 6.07) is 8.60. The van der Waals surface area contributed by atoms with Gasteiger partial charge in [-0.05, 0) is 38.3 Å². The minimum absolute atomic E-state index is 0.345. The number of thioether (sulfide) groups is 1. The summed E-state index contributed by atoms with van der Waals surface area (Å²) in [5.74, 6) is 0. The van der Waals surface area contributed by atoms with Crippen LogP contribution in [0.25, 0.3) is 0 Å². The molecule has 0 saturated heterocycles. The topological polar surface area (TPSA) is 32.6 Å². The van der Waals surface area contributed by atoms with E-state index in [0.29, 0.717) is 5.25 Å². The number of hydrogen-bond acceptors (Lipinski definition) is 3. The molecule has 0 radical (unpaired) electrons. The van der Waals surface area contributed by atoms with Gasteiger partial charge in [-0.1, -0.05) is 42.1 Å². The van der Waals surface area contributed by atoms with Crippen LogP contribution in [-0.2, 0) is 0 Å². The zero-order valence-electron chi connectivity index (χ0n) is 10.9. The van der Waals surface area contributed by atoms with Gasteiger partial charge in [-0.3, -0.25) is 0 Å². The largest absolute Gasteiger partial charge is 0.411 e. The smallest absolute Gasteiger partial charge is 0.0704 e. The predicted molar refractivity (Wildman–Crippen MR) is 77.7 cm³/mol. The summed E-state index contributed by atoms with van der Waals surface area (Å²) in [6.45, 7) is 2.10. The lowest BCUT2D eigenvalue weighted by molar-refractivity contribution is 0.315. The van der Waals surface area contributed by atoms with Crippen molar-refractivity contribution in [3.63, 3.8) is 0 Å². The summed E-state index contributed by atoms with van der Waals surface area (Å²) in [7, 11) is 0. The van der Waals surface area contributed by atoms with Crippen LogP contribution in [0.5, 0.6) is 0 Å². The zero-order chi connectivity index (χ0) is 12.8. The quantitative estimate of drug-likeness (QED) is 0.622. The third-order valence-corrected chi connectivity index (χ3v) is 4.79. The summed E-state index contributed by atoms with van der Waals surface area (Å²) in [5.41, 5.74) is 2.26. The van der Waals surface area contributed by atoms with Crippen molar-refractivity contribution in [3.8, 4) is 0 Å². The van der Waals surface area contributed by atoms with Crippen LogP contribution < -0.4 is 0 Å². The van der Waals surface area contributed by atoms with Gasteiger partial charge in [-0.15, -0.1) is 11.8 Å². The van der Waals surface area contributed by atoms with Crippen molar-refractivity contribution in [2.45, 2.75) is 55.6 Å². The Morgan fingerprint density at radius 1 is 1.11 bits per heavy atom. The maximum atomic E-state index is 9.18. The Morgan fingerprint density at radius 2 is 1.83 bits per heavy atom. The highest BCUT2D eigenvalue weighted by molar-refractivity contribution is 8.00. The van der Waals surface area contributed by atoms with E-state index in [9.17, 15) is 5.21 Å². The van der Waals surface area contributed by atoms with Crippen LogP contribution in [0.15, 0.2) is 34.3 Å². The van der Waals surface area contributed by atoms with E-state index in [4.69, 9.17) is 0 Å². The Kier molecular flexibility index (Phi) is 5.12. The normalized spacial score (nSPS) is 23.6. The van der Waals surface area contributed by atoms with E-state index in [-0.39, 0.29) is 0 Å². The van der Waals surface area contributed by atoms with Crippen molar-refractivity contribution < 1.29 is 5.21 Å². The van der Waals surface area contributed by atoms with Gasteiger partial charge in [0.25, 0.3) is 0 Å². The SMILES string of the molecule is Cc1ccc(SC2CCCCCC/C2=N/O)cc1. The first kappa shape index (κ1) is 13.5. The molecule has 0 bridgehead atoms. The molecule has 18 heavy (non-hydrogen) atoms. The maximum Gasteiger partial charge on any atom is 0.0704 e. The number of hydrogen-bond donors (Lipinski definition) is 1. The molecule has 1 aliphatic carbocycles. The van der Waals surface area contributed by atoms with Gasteiger partial charge < -0.3 is 5.21 Å². The molecule has 0 amide bonds. The van der Waals surface area contributed by atoms with Gasteiger partial charge in [0.05, 0.1) is 11.0 Å². The van der Waals surface area contributed by atoms with E-state index < -0.39 is 0 Å². The Balaban J connectivity index is 2.06. The highest BCUT2D eigenvalue weighted by Crippen LogP contribution is 2.31. The third-order valence-electron chi connectivity index (χ3n) is 3.45. The van der Waals surface area contributed by atoms with Gasteiger partial charge >= 0.3 is 0 Å². The van der Waals surface area contributed by atoms with Crippen molar-refractivity contribution in [2.75, 3.05) is 0 Å². The number of rotatable bonds is 2. The van der Waals surface area contributed by atoms with E-state index >= 15 is 0 Å². The monoisotopic (exact) mass is 263 g/mol. The molecule has 1 atom stereocenters. The van der Waals surface area contributed by atoms with Gasteiger partial charge in [-0.25, -0.2) is 0 Å². The maximum absolute atomic E-state index is 9.18. The molecule has 2 rings (SSSR count). The second kappa shape index (κ2) is 6.83. The Hall–Kier alpha value is -0.960. The first-order valence-electron chi connectivity index (χ1n) is 6.74. The molecule has 1 N–H and O–H groups in total. The van der Waals surface area contributed by atoms with E-state index in [1.165, 1.54) is 29.7 Å². The van der Waals surface area contributed by atoms with Crippen molar-refractivity contribution >= 4 is 17.5 Å². The highest BCUT2D eigenvalue weighted by Gasteiger charge is 2.19. The number of aryl methyl sites for hydroxylation is 1. The van der Waals surface area contributed by atoms with Crippen LogP contribution >= 0.6 is 11.8 Å². The zero-order valence-corrected chi connectivity index (χ0v) is 11.7. The summed E-state index contributed by atoms with van der Waals surface area (Å²) < 4.78 is 0. The molecule has 1 aromatic carbocycles. The lowest BCUT2D eigenvalue weighted by Crippen LogP contribution is -2.19. The second-order valence-corrected chi connectivity index (χ2v) is 6.24. The minimum atomic E-state index is 0.345. The predicted octanol–water partition coefficient (Wildman–Crippen LogP) is 4.64. The minimum Gasteiger partial charge on any atom is -0.411 e. The third kappa shape index (κ3) is 3.77. The molecule has 0 spiro atoms. The summed E-state index contributed by atoms with van der Waals surface area (Å²) in [4.78, 5) is 1.27. The van der Waals surface area contributed by atoms with Crippen LogP contribution in [0.3, 0.4) is 0 Å². The molecule has 1 fully saturated rings. The van der Waals surface area contributed by atoms with Crippen LogP contribution in [0.1, 0.15) is 44.1 Å². The number of oxime groups is 1. The second-order valence-electron chi connectivity index (χ2n) is 4.96. The lowest BCUT2D eigenvalue weighted by atomic mass is 9.99. The summed E-state index contributed by atoms with van der Waals surface area (Å²) in [6.07, 6.45) is 7.04. The van der Waals surface area contributed by atoms with E-state index in [1.807, 2.05) is 11.8 Å². The molecule has 0 heterocycles. The molecule has 2 nitrogen and oxygen atoms in total. The van der Waals surface area contributed by atoms with Gasteiger partial charge in [0, 0.05) is 4.90 Å². The summed E-state index contributed by atoms with van der Waals surface area (Å²) in [5, 5.41) is 13.1. The average molecular weight is 263 g/mol. The average Bonchev–Trinajstić information content (AvgIpc) is 2.36. The number of benzene rings is 1. The van der Waals surface area contributed by atoms with Crippen LogP contribution in [-0.4, -0.2) is 16.2 Å². The molecular weight excluding hydrogens is 242 g/mol. The van der Waals surface area contributed by atoms with Crippen molar-refractivity contribution in [1.29, 1.82) is 0 Å². The van der Waals surface area contributed by atoms with E-state index in [1.54, 1.807) is 0 Å². The van der Waals surface area contributed by atoms with Gasteiger partial charge in [0.15, 0.2) is 0 Å². The van der Waals surface area contributed by atoms with Crippen molar-refractivity contribution in [2.24, 2.45) is 5.16 Å². The van der Waals surface area contributed by atoms with E-state index in [0.717, 1.165) is 25.0 Å². The Bertz CT molecular complexity index is 399. The van der Waals surface area contributed by atoms with Crippen LogP contribution in [0.2, 0.25) is 0 Å². The van der Waals surface area contributed by atoms with Crippen LogP contribution in [0.4, 0.5) is 0 Å². The van der Waals surface area contributed by atoms with Gasteiger partial charge in [0.2, 0.25) is 0 Å². The molecule has 98 valence electrons. The molecular formula is C15H21NOS. The Morgan fingerprint density at radius 3 is 2.56 bits per heavy atom. The highest BCUT2D eigenvalue weighted by atomic mass is 32.2. The molecule has 1 aliphatic rings. The molecule has 0 aliphatic heterocycles. The van der Waals surface area contributed by atoms with Crippen molar-refractivity contribution in [1.82, 2.24) is 0 Å². The summed E-state index contributed by atoms with van der Waals surface area (Å²) >= 11 is 1.84. The Labute approximate surface area is 113 Å². The first-order valence-corrected chi connectivity index (χ1v) is 7.61. The fourth-order valence-electron chi connectivity index (χ4n) is 2.34. The molecule has 0 aromatic heterocycles. The first-order chi connectivity index (χ1) is 8.79. The molecule has 1 saturated carbocycles. The standard InChI is InChI=1S/C15H21NOS/c1-12-8-10-13(11-9-12)18-15-7-5-3-2-4-6-14(15)16-17/h8-11,15,17H,2-7H2,1H3/b16-14-. The molecule has 3 heteroatoms. The molecule has 1 unspecified atom stereocenters. The van der Waals surface area contributed by atoms with Gasteiger partial charge in [-0.2, -0.15) is 0 Å². The fraction of sp³-hybridized carbons (Fsp3) is 0.533. The van der Waals surface area contributed by atoms with E-state index in [2.05, 4.69) is 36.3 Å².